The molecule has 0 saturated carbocycles. The Hall–Kier alpha value is -0.940. The van der Waals surface area contributed by atoms with E-state index in [1.54, 1.807) is 0 Å². The first kappa shape index (κ1) is 8.06. The van der Waals surface area contributed by atoms with E-state index >= 15 is 0 Å². The van der Waals surface area contributed by atoms with Gasteiger partial charge in [0.05, 0.1) is 6.54 Å². The molecule has 0 radical (unpaired) electrons. The third-order valence-electron chi connectivity index (χ3n) is 0.603. The van der Waals surface area contributed by atoms with E-state index in [0.717, 1.165) is 0 Å². The van der Waals surface area contributed by atoms with Gasteiger partial charge in [-0.15, -0.1) is 0 Å². The Labute approximate surface area is 51.5 Å². The van der Waals surface area contributed by atoms with Crippen LogP contribution in [0.15, 0.2) is 0 Å². The van der Waals surface area contributed by atoms with Gasteiger partial charge in [-0.2, -0.15) is 5.06 Å². The molecule has 0 aliphatic rings. The number of carbonyl (C=O) groups excluding carboxylic acids is 1. The summed E-state index contributed by atoms with van der Waals surface area (Å²) in [6, 6.07) is 0. The zero-order valence-electron chi connectivity index (χ0n) is 4.65. The predicted molar refractivity (Wildman–Crippen MR) is 27.1 cm³/mol. The molecule has 0 atom stereocenters. The lowest BCUT2D eigenvalue weighted by Crippen LogP contribution is -2.27. The van der Waals surface area contributed by atoms with Gasteiger partial charge in [0.15, 0.2) is 0 Å². The van der Waals surface area contributed by atoms with Crippen molar-refractivity contribution in [1.29, 1.82) is 0 Å². The highest BCUT2D eigenvalue weighted by Gasteiger charge is 2.03. The average Bonchev–Trinajstić information content (AvgIpc) is 1.63. The van der Waals surface area contributed by atoms with Gasteiger partial charge in [0.25, 0.3) is 0 Å². The number of hydrogen-bond acceptors (Lipinski definition) is 4. The van der Waals surface area contributed by atoms with Crippen molar-refractivity contribution < 1.29 is 19.9 Å². The molecular formula is C4H7NO4. The Morgan fingerprint density at radius 1 is 1.67 bits per heavy atom. The van der Waals surface area contributed by atoms with E-state index in [2.05, 4.69) is 0 Å². The topological polar surface area (TPSA) is 77.8 Å². The van der Waals surface area contributed by atoms with E-state index in [1.165, 1.54) is 0 Å². The highest BCUT2D eigenvalue weighted by atomic mass is 16.5. The van der Waals surface area contributed by atoms with Crippen LogP contribution in [-0.2, 0) is 9.59 Å². The maximum absolute atomic E-state index is 9.77. The number of hydrogen-bond donors (Lipinski definition) is 2. The summed E-state index contributed by atoms with van der Waals surface area (Å²) in [5, 5.41) is 16.8. The molecule has 0 saturated heterocycles. The Balaban J connectivity index is 3.37. The first-order valence-corrected chi connectivity index (χ1v) is 2.26. The van der Waals surface area contributed by atoms with Crippen LogP contribution in [0.2, 0.25) is 0 Å². The monoisotopic (exact) mass is 133 g/mol. The number of carboxylic acid groups (broad SMARTS) is 1. The number of carbonyl (C=O) groups is 2. The van der Waals surface area contributed by atoms with Crippen molar-refractivity contribution in [2.75, 3.05) is 13.1 Å². The molecule has 52 valence electrons. The molecule has 0 heterocycles. The lowest BCUT2D eigenvalue weighted by Gasteiger charge is -2.05. The quantitative estimate of drug-likeness (QED) is 0.378. The van der Waals surface area contributed by atoms with Crippen molar-refractivity contribution in [3.63, 3.8) is 0 Å². The van der Waals surface area contributed by atoms with E-state index in [9.17, 15) is 9.59 Å². The zero-order valence-corrected chi connectivity index (χ0v) is 4.65. The van der Waals surface area contributed by atoms with E-state index in [-0.39, 0.29) is 6.54 Å². The molecule has 9 heavy (non-hydrogen) atoms. The van der Waals surface area contributed by atoms with Gasteiger partial charge in [-0.3, -0.25) is 4.79 Å². The summed E-state index contributed by atoms with van der Waals surface area (Å²) in [5.74, 6) is -1.17. The molecule has 0 rings (SSSR count). The molecule has 0 aliphatic heterocycles. The van der Waals surface area contributed by atoms with Crippen LogP contribution in [0.4, 0.5) is 0 Å². The van der Waals surface area contributed by atoms with Crippen molar-refractivity contribution in [2.45, 2.75) is 0 Å². The molecule has 0 aromatic rings. The number of aliphatic carboxylic acids is 1. The minimum absolute atomic E-state index is 0.272. The summed E-state index contributed by atoms with van der Waals surface area (Å²) < 4.78 is 0. The number of nitrogens with zero attached hydrogens (tertiary/aromatic N) is 1. The molecule has 0 bridgehead atoms. The van der Waals surface area contributed by atoms with Gasteiger partial charge in [0.1, 0.15) is 12.8 Å². The third-order valence-corrected chi connectivity index (χ3v) is 0.603. The Morgan fingerprint density at radius 2 is 2.22 bits per heavy atom. The molecule has 0 spiro atoms. The van der Waals surface area contributed by atoms with E-state index in [1.807, 2.05) is 0 Å². The highest BCUT2D eigenvalue weighted by Crippen LogP contribution is 1.75. The maximum Gasteiger partial charge on any atom is 0.320 e. The molecule has 5 nitrogen and oxygen atoms in total. The van der Waals surface area contributed by atoms with E-state index in [0.29, 0.717) is 11.3 Å². The van der Waals surface area contributed by atoms with Crippen LogP contribution in [0.5, 0.6) is 0 Å². The fourth-order valence-corrected chi connectivity index (χ4v) is 0.307. The first-order valence-electron chi connectivity index (χ1n) is 2.26. The van der Waals surface area contributed by atoms with Gasteiger partial charge in [-0.1, -0.05) is 0 Å². The molecule has 0 aromatic heterocycles. The molecule has 5 heteroatoms. The second kappa shape index (κ2) is 3.99. The van der Waals surface area contributed by atoms with E-state index < -0.39 is 12.5 Å². The van der Waals surface area contributed by atoms with Crippen LogP contribution in [0.25, 0.3) is 0 Å². The van der Waals surface area contributed by atoms with Crippen LogP contribution in [0.1, 0.15) is 0 Å². The minimum atomic E-state index is -1.17. The third kappa shape index (κ3) is 4.92. The number of hydroxylamine groups is 2. The molecule has 0 aliphatic carbocycles. The predicted octanol–water partition coefficient (Wildman–Crippen LogP) is -1.04. The fraction of sp³-hybridized carbons (Fsp3) is 0.500. The summed E-state index contributed by atoms with van der Waals surface area (Å²) in [6.45, 7) is -0.801. The summed E-state index contributed by atoms with van der Waals surface area (Å²) in [5.41, 5.74) is 0. The lowest BCUT2D eigenvalue weighted by atomic mass is 10.6. The Bertz CT molecular complexity index is 113. The Morgan fingerprint density at radius 3 is 2.56 bits per heavy atom. The second-order valence-corrected chi connectivity index (χ2v) is 1.41. The van der Waals surface area contributed by atoms with Gasteiger partial charge < -0.3 is 15.1 Å². The number of carboxylic acids is 1. The standard InChI is InChI=1S/C4H7NO4/c6-2-1-5(9)3-4(7)8/h2,9H,1,3H2,(H,7,8). The normalized spacial score (nSPS) is 9.56. The zero-order chi connectivity index (χ0) is 7.28. The summed E-state index contributed by atoms with van der Waals surface area (Å²) in [6.07, 6.45) is 0.420. The van der Waals surface area contributed by atoms with Crippen molar-refractivity contribution in [3.05, 3.63) is 0 Å². The van der Waals surface area contributed by atoms with Crippen LogP contribution < -0.4 is 0 Å². The van der Waals surface area contributed by atoms with Crippen molar-refractivity contribution in [2.24, 2.45) is 0 Å². The van der Waals surface area contributed by atoms with Crippen LogP contribution in [0.3, 0.4) is 0 Å². The lowest BCUT2D eigenvalue weighted by molar-refractivity contribution is -0.153. The van der Waals surface area contributed by atoms with Gasteiger partial charge in [-0.25, -0.2) is 0 Å². The smallest absolute Gasteiger partial charge is 0.320 e. The van der Waals surface area contributed by atoms with Crippen molar-refractivity contribution >= 4 is 12.3 Å². The highest BCUT2D eigenvalue weighted by molar-refractivity contribution is 5.69. The molecule has 0 unspecified atom stereocenters. The molecule has 0 fully saturated rings. The van der Waals surface area contributed by atoms with Crippen LogP contribution >= 0.6 is 0 Å². The van der Waals surface area contributed by atoms with Gasteiger partial charge >= 0.3 is 5.97 Å². The summed E-state index contributed by atoms with van der Waals surface area (Å²) >= 11 is 0. The van der Waals surface area contributed by atoms with Gasteiger partial charge in [0.2, 0.25) is 0 Å². The number of aldehydes is 1. The molecule has 0 amide bonds. The molecule has 0 aromatic carbocycles. The fourth-order valence-electron chi connectivity index (χ4n) is 0.307. The van der Waals surface area contributed by atoms with Gasteiger partial charge in [0, 0.05) is 0 Å². The average molecular weight is 133 g/mol. The first-order chi connectivity index (χ1) is 4.16. The molecule has 2 N–H and O–H groups in total. The van der Waals surface area contributed by atoms with Crippen LogP contribution in [0, 0.1) is 0 Å². The van der Waals surface area contributed by atoms with Crippen molar-refractivity contribution in [1.82, 2.24) is 5.06 Å². The SMILES string of the molecule is O=CCN(O)CC(=O)O. The second-order valence-electron chi connectivity index (χ2n) is 1.41. The van der Waals surface area contributed by atoms with Gasteiger partial charge in [-0.05, 0) is 0 Å². The minimum Gasteiger partial charge on any atom is -0.480 e. The summed E-state index contributed by atoms with van der Waals surface area (Å²) in [4.78, 5) is 19.4. The maximum atomic E-state index is 9.77. The molecular weight excluding hydrogens is 126 g/mol. The Kier molecular flexibility index (Phi) is 3.57. The van der Waals surface area contributed by atoms with Crippen LogP contribution in [-0.4, -0.2) is 40.7 Å². The largest absolute Gasteiger partial charge is 0.480 e. The van der Waals surface area contributed by atoms with E-state index in [4.69, 9.17) is 10.3 Å². The van der Waals surface area contributed by atoms with Crippen molar-refractivity contribution in [3.8, 4) is 0 Å². The summed E-state index contributed by atoms with van der Waals surface area (Å²) in [7, 11) is 0. The number of rotatable bonds is 4.